The van der Waals surface area contributed by atoms with E-state index < -0.39 is 5.97 Å². The van der Waals surface area contributed by atoms with E-state index in [1.165, 1.54) is 12.0 Å². The Bertz CT molecular complexity index is 555. The van der Waals surface area contributed by atoms with Crippen molar-refractivity contribution in [2.45, 2.75) is 26.7 Å². The van der Waals surface area contributed by atoms with Crippen molar-refractivity contribution >= 4 is 5.97 Å². The number of hydrogen-bond donors (Lipinski definition) is 1. The molecule has 0 unspecified atom stereocenters. The first-order chi connectivity index (χ1) is 9.06. The van der Waals surface area contributed by atoms with Crippen LogP contribution >= 0.6 is 0 Å². The maximum absolute atomic E-state index is 10.7. The number of benzene rings is 1. The first-order valence-electron chi connectivity index (χ1n) is 6.29. The van der Waals surface area contributed by atoms with Gasteiger partial charge in [-0.05, 0) is 17.9 Å². The van der Waals surface area contributed by atoms with Gasteiger partial charge in [-0.3, -0.25) is 4.79 Å². The number of carboxylic acids is 1. The Hall–Kier alpha value is -2.10. The molecule has 100 valence electrons. The molecule has 0 bridgehead atoms. The smallest absolute Gasteiger partial charge is 0.311 e. The molecule has 0 amide bonds. The summed E-state index contributed by atoms with van der Waals surface area (Å²) in [5.41, 5.74) is 2.76. The van der Waals surface area contributed by atoms with Crippen molar-refractivity contribution in [2.24, 2.45) is 5.92 Å². The highest BCUT2D eigenvalue weighted by Crippen LogP contribution is 2.23. The standard InChI is InChI=1S/C15H17NO3/c1-10(2)7-11-3-5-12(6-4-11)15-13(8-14(17)18)19-9-16-15/h3-6,9-10H,7-8H2,1-2H3,(H,17,18). The molecule has 0 spiro atoms. The fraction of sp³-hybridized carbons (Fsp3) is 0.333. The van der Waals surface area contributed by atoms with E-state index in [2.05, 4.69) is 31.0 Å². The number of carboxylic acid groups (broad SMARTS) is 1. The number of rotatable bonds is 5. The molecule has 0 fully saturated rings. The van der Waals surface area contributed by atoms with Crippen LogP contribution in [0.5, 0.6) is 0 Å². The van der Waals surface area contributed by atoms with E-state index in [4.69, 9.17) is 9.52 Å². The summed E-state index contributed by atoms with van der Waals surface area (Å²) in [6.07, 6.45) is 2.17. The Balaban J connectivity index is 2.22. The molecular weight excluding hydrogens is 242 g/mol. The second-order valence-corrected chi connectivity index (χ2v) is 4.99. The molecule has 0 saturated carbocycles. The van der Waals surface area contributed by atoms with Crippen molar-refractivity contribution in [3.8, 4) is 11.3 Å². The Kier molecular flexibility index (Phi) is 4.00. The predicted molar refractivity (Wildman–Crippen MR) is 71.8 cm³/mol. The average molecular weight is 259 g/mol. The van der Waals surface area contributed by atoms with Crippen LogP contribution in [0.25, 0.3) is 11.3 Å². The topological polar surface area (TPSA) is 63.3 Å². The quantitative estimate of drug-likeness (QED) is 0.895. The third-order valence-electron chi connectivity index (χ3n) is 2.82. The maximum Gasteiger partial charge on any atom is 0.311 e. The zero-order valence-corrected chi connectivity index (χ0v) is 11.1. The van der Waals surface area contributed by atoms with Crippen LogP contribution in [-0.4, -0.2) is 16.1 Å². The van der Waals surface area contributed by atoms with E-state index in [1.54, 1.807) is 0 Å². The summed E-state index contributed by atoms with van der Waals surface area (Å²) in [7, 11) is 0. The van der Waals surface area contributed by atoms with E-state index in [-0.39, 0.29) is 6.42 Å². The van der Waals surface area contributed by atoms with Crippen LogP contribution in [0.4, 0.5) is 0 Å². The molecule has 0 atom stereocenters. The SMILES string of the molecule is CC(C)Cc1ccc(-c2ncoc2CC(=O)O)cc1. The van der Waals surface area contributed by atoms with Gasteiger partial charge in [-0.25, -0.2) is 4.98 Å². The molecule has 1 heterocycles. The molecular formula is C15H17NO3. The monoisotopic (exact) mass is 259 g/mol. The van der Waals surface area contributed by atoms with Gasteiger partial charge in [0.1, 0.15) is 17.9 Å². The highest BCUT2D eigenvalue weighted by Gasteiger charge is 2.13. The fourth-order valence-electron chi connectivity index (χ4n) is 2.04. The van der Waals surface area contributed by atoms with Crippen LogP contribution in [0.3, 0.4) is 0 Å². The van der Waals surface area contributed by atoms with Gasteiger partial charge in [-0.1, -0.05) is 38.1 Å². The fourth-order valence-corrected chi connectivity index (χ4v) is 2.04. The number of hydrogen-bond acceptors (Lipinski definition) is 3. The van der Waals surface area contributed by atoms with Crippen LogP contribution in [0, 0.1) is 5.92 Å². The van der Waals surface area contributed by atoms with Crippen molar-refractivity contribution in [3.63, 3.8) is 0 Å². The second kappa shape index (κ2) is 5.69. The van der Waals surface area contributed by atoms with Crippen LogP contribution in [0.1, 0.15) is 25.2 Å². The summed E-state index contributed by atoms with van der Waals surface area (Å²) >= 11 is 0. The van der Waals surface area contributed by atoms with Crippen LogP contribution in [-0.2, 0) is 17.6 Å². The minimum Gasteiger partial charge on any atom is -0.481 e. The molecule has 0 aliphatic rings. The van der Waals surface area contributed by atoms with Gasteiger partial charge >= 0.3 is 5.97 Å². The first-order valence-corrected chi connectivity index (χ1v) is 6.29. The summed E-state index contributed by atoms with van der Waals surface area (Å²) in [6.45, 7) is 4.35. The molecule has 0 radical (unpaired) electrons. The number of nitrogens with zero attached hydrogens (tertiary/aromatic N) is 1. The highest BCUT2D eigenvalue weighted by atomic mass is 16.4. The normalized spacial score (nSPS) is 10.9. The van der Waals surface area contributed by atoms with Gasteiger partial charge in [0.2, 0.25) is 0 Å². The van der Waals surface area contributed by atoms with Crippen LogP contribution in [0.15, 0.2) is 35.1 Å². The summed E-state index contributed by atoms with van der Waals surface area (Å²) in [5.74, 6) is 0.0824. The van der Waals surface area contributed by atoms with Gasteiger partial charge in [0.05, 0.1) is 0 Å². The summed E-state index contributed by atoms with van der Waals surface area (Å²) in [6, 6.07) is 8.02. The van der Waals surface area contributed by atoms with E-state index in [0.29, 0.717) is 17.4 Å². The van der Waals surface area contributed by atoms with Gasteiger partial charge in [0.15, 0.2) is 6.39 Å². The Morgan fingerprint density at radius 2 is 2.00 bits per heavy atom. The lowest BCUT2D eigenvalue weighted by Gasteiger charge is -2.06. The van der Waals surface area contributed by atoms with Crippen molar-refractivity contribution in [2.75, 3.05) is 0 Å². The van der Waals surface area contributed by atoms with E-state index in [1.807, 2.05) is 12.1 Å². The van der Waals surface area contributed by atoms with Gasteiger partial charge in [0, 0.05) is 5.56 Å². The third-order valence-corrected chi connectivity index (χ3v) is 2.82. The van der Waals surface area contributed by atoms with Crippen molar-refractivity contribution in [3.05, 3.63) is 42.0 Å². The number of oxazole rings is 1. The summed E-state index contributed by atoms with van der Waals surface area (Å²) in [4.78, 5) is 14.8. The zero-order chi connectivity index (χ0) is 13.8. The zero-order valence-electron chi connectivity index (χ0n) is 11.1. The molecule has 0 aliphatic carbocycles. The lowest BCUT2D eigenvalue weighted by molar-refractivity contribution is -0.136. The molecule has 0 saturated heterocycles. The molecule has 19 heavy (non-hydrogen) atoms. The minimum atomic E-state index is -0.922. The van der Waals surface area contributed by atoms with E-state index in [0.717, 1.165) is 12.0 Å². The van der Waals surface area contributed by atoms with E-state index in [9.17, 15) is 4.79 Å². The Morgan fingerprint density at radius 3 is 2.58 bits per heavy atom. The molecule has 2 rings (SSSR count). The lowest BCUT2D eigenvalue weighted by atomic mass is 10.0. The largest absolute Gasteiger partial charge is 0.481 e. The third kappa shape index (κ3) is 3.44. The van der Waals surface area contributed by atoms with Gasteiger partial charge < -0.3 is 9.52 Å². The molecule has 4 heteroatoms. The summed E-state index contributed by atoms with van der Waals surface area (Å²) < 4.78 is 5.13. The lowest BCUT2D eigenvalue weighted by Crippen LogP contribution is -2.00. The molecule has 0 aliphatic heterocycles. The molecule has 1 aromatic carbocycles. The van der Waals surface area contributed by atoms with Crippen molar-refractivity contribution in [1.29, 1.82) is 0 Å². The van der Waals surface area contributed by atoms with E-state index >= 15 is 0 Å². The molecule has 2 aromatic rings. The van der Waals surface area contributed by atoms with Crippen LogP contribution in [0.2, 0.25) is 0 Å². The van der Waals surface area contributed by atoms with Crippen LogP contribution < -0.4 is 0 Å². The molecule has 4 nitrogen and oxygen atoms in total. The van der Waals surface area contributed by atoms with Gasteiger partial charge in [-0.15, -0.1) is 0 Å². The second-order valence-electron chi connectivity index (χ2n) is 4.99. The van der Waals surface area contributed by atoms with Gasteiger partial charge in [0.25, 0.3) is 0 Å². The number of carbonyl (C=O) groups is 1. The Morgan fingerprint density at radius 1 is 1.32 bits per heavy atom. The van der Waals surface area contributed by atoms with Gasteiger partial charge in [-0.2, -0.15) is 0 Å². The maximum atomic E-state index is 10.7. The minimum absolute atomic E-state index is 0.150. The number of aromatic nitrogens is 1. The highest BCUT2D eigenvalue weighted by molar-refractivity contribution is 5.73. The molecule has 1 aromatic heterocycles. The average Bonchev–Trinajstić information content (AvgIpc) is 2.76. The predicted octanol–water partition coefficient (Wildman–Crippen LogP) is 3.17. The van der Waals surface area contributed by atoms with Crippen molar-refractivity contribution in [1.82, 2.24) is 4.98 Å². The Labute approximate surface area is 112 Å². The number of aliphatic carboxylic acids is 1. The van der Waals surface area contributed by atoms with Crippen molar-refractivity contribution < 1.29 is 14.3 Å². The molecule has 1 N–H and O–H groups in total. The summed E-state index contributed by atoms with van der Waals surface area (Å²) in [5, 5.41) is 8.81. The first kappa shape index (κ1) is 13.3.